The summed E-state index contributed by atoms with van der Waals surface area (Å²) in [5.74, 6) is 2.59. The van der Waals surface area contributed by atoms with Gasteiger partial charge in [-0.25, -0.2) is 0 Å². The lowest BCUT2D eigenvalue weighted by molar-refractivity contribution is 0.415. The van der Waals surface area contributed by atoms with Crippen molar-refractivity contribution >= 4 is 11.3 Å². The molecule has 2 heterocycles. The predicted octanol–water partition coefficient (Wildman–Crippen LogP) is 8.02. The van der Waals surface area contributed by atoms with E-state index in [0.29, 0.717) is 0 Å². The van der Waals surface area contributed by atoms with Crippen molar-refractivity contribution in [3.63, 3.8) is 0 Å². The fraction of sp³-hybridized carbons (Fsp3) is 0.0370. The van der Waals surface area contributed by atoms with E-state index in [4.69, 9.17) is 9.15 Å². The molecule has 0 aliphatic rings. The monoisotopic (exact) mass is 408 g/mol. The number of hydrogen-bond donors (Lipinski definition) is 0. The number of rotatable bonds is 5. The zero-order valence-electron chi connectivity index (χ0n) is 16.5. The molecule has 5 rings (SSSR count). The number of hydrogen-bond acceptors (Lipinski definition) is 3. The molecule has 0 fully saturated rings. The average molecular weight is 409 g/mol. The van der Waals surface area contributed by atoms with Crippen LogP contribution in [0.4, 0.5) is 0 Å². The minimum absolute atomic E-state index is 0.828. The van der Waals surface area contributed by atoms with Gasteiger partial charge in [0, 0.05) is 27.1 Å². The Hall–Kier alpha value is -3.56. The van der Waals surface area contributed by atoms with Crippen LogP contribution in [0.3, 0.4) is 0 Å². The Morgan fingerprint density at radius 2 is 1.20 bits per heavy atom. The van der Waals surface area contributed by atoms with Crippen LogP contribution in [0.25, 0.3) is 44.2 Å². The fourth-order valence-corrected chi connectivity index (χ4v) is 4.48. The van der Waals surface area contributed by atoms with Crippen LogP contribution in [0.1, 0.15) is 0 Å². The van der Waals surface area contributed by atoms with Crippen LogP contribution in [0, 0.1) is 0 Å². The fourth-order valence-electron chi connectivity index (χ4n) is 3.71. The second-order valence-electron chi connectivity index (χ2n) is 6.95. The lowest BCUT2D eigenvalue weighted by atomic mass is 9.95. The third-order valence-electron chi connectivity index (χ3n) is 5.13. The maximum absolute atomic E-state index is 6.64. The first-order valence-electron chi connectivity index (χ1n) is 9.81. The highest BCUT2D eigenvalue weighted by Crippen LogP contribution is 2.49. The Balaban J connectivity index is 1.84. The summed E-state index contributed by atoms with van der Waals surface area (Å²) in [6.07, 6.45) is 0. The Labute approximate surface area is 180 Å². The molecule has 0 spiro atoms. The molecule has 0 saturated heterocycles. The van der Waals surface area contributed by atoms with E-state index in [2.05, 4.69) is 66.0 Å². The summed E-state index contributed by atoms with van der Waals surface area (Å²) in [5.41, 5.74) is 5.48. The molecule has 146 valence electrons. The van der Waals surface area contributed by atoms with E-state index < -0.39 is 0 Å². The highest BCUT2D eigenvalue weighted by Gasteiger charge is 2.25. The standard InChI is InChI=1S/C27H20O2S/c1-28-22-16-14-21(15-17-22)27-25(23-13-8-18-30-23)24(19-9-4-2-5-10-19)26(29-27)20-11-6-3-7-12-20/h2-18H,1H3. The van der Waals surface area contributed by atoms with Crippen molar-refractivity contribution in [3.05, 3.63) is 102 Å². The van der Waals surface area contributed by atoms with Crippen molar-refractivity contribution in [2.45, 2.75) is 0 Å². The van der Waals surface area contributed by atoms with E-state index in [9.17, 15) is 0 Å². The zero-order valence-corrected chi connectivity index (χ0v) is 17.4. The second kappa shape index (κ2) is 8.05. The lowest BCUT2D eigenvalue weighted by Crippen LogP contribution is -1.84. The number of furan rings is 1. The first-order valence-corrected chi connectivity index (χ1v) is 10.7. The van der Waals surface area contributed by atoms with Crippen LogP contribution in [0.2, 0.25) is 0 Å². The van der Waals surface area contributed by atoms with Crippen molar-refractivity contribution in [1.82, 2.24) is 0 Å². The normalized spacial score (nSPS) is 10.8. The Kier molecular flexibility index (Phi) is 4.96. The summed E-state index contributed by atoms with van der Waals surface area (Å²) in [6, 6.07) is 33.1. The van der Waals surface area contributed by atoms with E-state index in [1.807, 2.05) is 36.4 Å². The molecule has 3 heteroatoms. The van der Waals surface area contributed by atoms with E-state index in [1.54, 1.807) is 18.4 Å². The first-order chi connectivity index (χ1) is 14.8. The van der Waals surface area contributed by atoms with Gasteiger partial charge in [-0.15, -0.1) is 11.3 Å². The summed E-state index contributed by atoms with van der Waals surface area (Å²) < 4.78 is 12.0. The van der Waals surface area contributed by atoms with Crippen LogP contribution in [0.15, 0.2) is 107 Å². The van der Waals surface area contributed by atoms with Gasteiger partial charge in [-0.3, -0.25) is 0 Å². The van der Waals surface area contributed by atoms with Gasteiger partial charge >= 0.3 is 0 Å². The van der Waals surface area contributed by atoms with Gasteiger partial charge < -0.3 is 9.15 Å². The third-order valence-corrected chi connectivity index (χ3v) is 6.01. The molecule has 0 saturated carbocycles. The second-order valence-corrected chi connectivity index (χ2v) is 7.90. The predicted molar refractivity (Wildman–Crippen MR) is 125 cm³/mol. The van der Waals surface area contributed by atoms with E-state index in [-0.39, 0.29) is 0 Å². The quantitative estimate of drug-likeness (QED) is 0.294. The van der Waals surface area contributed by atoms with Crippen molar-refractivity contribution < 1.29 is 9.15 Å². The summed E-state index contributed by atoms with van der Waals surface area (Å²) >= 11 is 1.73. The Bertz CT molecular complexity index is 1240. The van der Waals surface area contributed by atoms with Crippen LogP contribution >= 0.6 is 11.3 Å². The smallest absolute Gasteiger partial charge is 0.144 e. The van der Waals surface area contributed by atoms with Gasteiger partial charge in [0.15, 0.2) is 0 Å². The molecule has 3 aromatic carbocycles. The number of benzene rings is 3. The molecule has 0 amide bonds. The maximum atomic E-state index is 6.64. The molecule has 0 radical (unpaired) electrons. The summed E-state index contributed by atoms with van der Waals surface area (Å²) in [6.45, 7) is 0. The van der Waals surface area contributed by atoms with Crippen LogP contribution in [-0.2, 0) is 0 Å². The van der Waals surface area contributed by atoms with Gasteiger partial charge in [0.05, 0.1) is 7.11 Å². The van der Waals surface area contributed by atoms with Gasteiger partial charge in [0.2, 0.25) is 0 Å². The molecule has 0 aliphatic carbocycles. The van der Waals surface area contributed by atoms with Gasteiger partial charge in [-0.05, 0) is 41.3 Å². The van der Waals surface area contributed by atoms with Crippen molar-refractivity contribution in [3.8, 4) is 50.0 Å². The molecule has 0 unspecified atom stereocenters. The first kappa shape index (κ1) is 18.5. The van der Waals surface area contributed by atoms with Gasteiger partial charge in [0.1, 0.15) is 17.3 Å². The average Bonchev–Trinajstić information content (AvgIpc) is 3.48. The molecular weight excluding hydrogens is 388 g/mol. The molecule has 5 aromatic rings. The van der Waals surface area contributed by atoms with E-state index in [1.165, 1.54) is 4.88 Å². The highest BCUT2D eigenvalue weighted by atomic mass is 32.1. The SMILES string of the molecule is COc1ccc(-c2oc(-c3ccccc3)c(-c3ccccc3)c2-c2cccs2)cc1. The molecule has 0 N–H and O–H groups in total. The number of ether oxygens (including phenoxy) is 1. The Morgan fingerprint density at radius 3 is 1.80 bits per heavy atom. The topological polar surface area (TPSA) is 22.4 Å². The zero-order chi connectivity index (χ0) is 20.3. The van der Waals surface area contributed by atoms with E-state index in [0.717, 1.165) is 45.1 Å². The molecule has 0 bridgehead atoms. The molecule has 0 atom stereocenters. The molecule has 2 aromatic heterocycles. The van der Waals surface area contributed by atoms with Crippen LogP contribution in [0.5, 0.6) is 5.75 Å². The van der Waals surface area contributed by atoms with E-state index >= 15 is 0 Å². The summed E-state index contributed by atoms with van der Waals surface area (Å²) in [4.78, 5) is 1.19. The highest BCUT2D eigenvalue weighted by molar-refractivity contribution is 7.13. The summed E-state index contributed by atoms with van der Waals surface area (Å²) in [5, 5.41) is 2.11. The minimum Gasteiger partial charge on any atom is -0.497 e. The molecular formula is C27H20O2S. The minimum atomic E-state index is 0.828. The van der Waals surface area contributed by atoms with Gasteiger partial charge in [0.25, 0.3) is 0 Å². The van der Waals surface area contributed by atoms with Crippen LogP contribution < -0.4 is 4.74 Å². The van der Waals surface area contributed by atoms with Crippen molar-refractivity contribution in [2.75, 3.05) is 7.11 Å². The maximum Gasteiger partial charge on any atom is 0.144 e. The number of methoxy groups -OCH3 is 1. The largest absolute Gasteiger partial charge is 0.497 e. The molecule has 2 nitrogen and oxygen atoms in total. The molecule has 30 heavy (non-hydrogen) atoms. The number of thiophene rings is 1. The third kappa shape index (κ3) is 3.34. The van der Waals surface area contributed by atoms with Gasteiger partial charge in [-0.1, -0.05) is 66.7 Å². The van der Waals surface area contributed by atoms with Crippen molar-refractivity contribution in [1.29, 1.82) is 0 Å². The Morgan fingerprint density at radius 1 is 0.600 bits per heavy atom. The van der Waals surface area contributed by atoms with Crippen molar-refractivity contribution in [2.24, 2.45) is 0 Å². The molecule has 0 aliphatic heterocycles. The van der Waals surface area contributed by atoms with Gasteiger partial charge in [-0.2, -0.15) is 0 Å². The summed E-state index contributed by atoms with van der Waals surface area (Å²) in [7, 11) is 1.68. The lowest BCUT2D eigenvalue weighted by Gasteiger charge is -2.07. The van der Waals surface area contributed by atoms with Crippen LogP contribution in [-0.4, -0.2) is 7.11 Å².